The highest BCUT2D eigenvalue weighted by atomic mass is 16.5. The molecule has 1 amide bonds. The van der Waals surface area contributed by atoms with E-state index in [0.29, 0.717) is 26.1 Å². The van der Waals surface area contributed by atoms with Crippen LogP contribution in [0.5, 0.6) is 0 Å². The van der Waals surface area contributed by atoms with Crippen molar-refractivity contribution in [3.63, 3.8) is 0 Å². The number of carbonyl (C=O) groups excluding carboxylic acids is 1. The molecule has 0 spiro atoms. The van der Waals surface area contributed by atoms with Crippen molar-refractivity contribution in [3.8, 4) is 0 Å². The Bertz CT molecular complexity index is 160. The van der Waals surface area contributed by atoms with Crippen molar-refractivity contribution < 1.29 is 14.6 Å². The van der Waals surface area contributed by atoms with Crippen molar-refractivity contribution in [2.75, 3.05) is 13.2 Å². The first-order valence-corrected chi connectivity index (χ1v) is 4.29. The predicted molar refractivity (Wildman–Crippen MR) is 43.7 cm³/mol. The zero-order chi connectivity index (χ0) is 8.97. The quantitative estimate of drug-likeness (QED) is 0.600. The van der Waals surface area contributed by atoms with Gasteiger partial charge in [0.25, 0.3) is 0 Å². The normalized spacial score (nSPS) is 29.8. The van der Waals surface area contributed by atoms with Crippen LogP contribution in [0.4, 0.5) is 0 Å². The highest BCUT2D eigenvalue weighted by molar-refractivity contribution is 5.75. The molecule has 2 N–H and O–H groups in total. The monoisotopic (exact) mass is 173 g/mol. The van der Waals surface area contributed by atoms with Crippen LogP contribution < -0.4 is 5.32 Å². The fourth-order valence-electron chi connectivity index (χ4n) is 1.17. The lowest BCUT2D eigenvalue weighted by molar-refractivity contribution is -0.124. The smallest absolute Gasteiger partial charge is 0.220 e. The van der Waals surface area contributed by atoms with Gasteiger partial charge >= 0.3 is 0 Å². The first-order chi connectivity index (χ1) is 5.74. The molecule has 1 aliphatic heterocycles. The molecule has 70 valence electrons. The summed E-state index contributed by atoms with van der Waals surface area (Å²) in [6.07, 6.45) is 0.604. The molecule has 1 rings (SSSR count). The van der Waals surface area contributed by atoms with Crippen LogP contribution in [-0.2, 0) is 9.53 Å². The van der Waals surface area contributed by atoms with Crippen molar-refractivity contribution in [1.82, 2.24) is 5.32 Å². The molecule has 0 aromatic rings. The number of aliphatic hydroxyl groups is 1. The molecule has 0 radical (unpaired) electrons. The Balaban J connectivity index is 2.33. The van der Waals surface area contributed by atoms with Crippen molar-refractivity contribution in [1.29, 1.82) is 0 Å². The molecule has 1 saturated heterocycles. The summed E-state index contributed by atoms with van der Waals surface area (Å²) in [5, 5.41) is 12.1. The SMILES string of the molecule is CCC(=O)NC1COCCC1O. The van der Waals surface area contributed by atoms with E-state index in [4.69, 9.17) is 4.74 Å². The maximum absolute atomic E-state index is 10.9. The number of hydrogen-bond donors (Lipinski definition) is 2. The van der Waals surface area contributed by atoms with Gasteiger partial charge in [0.1, 0.15) is 0 Å². The maximum Gasteiger partial charge on any atom is 0.220 e. The molecule has 1 fully saturated rings. The van der Waals surface area contributed by atoms with Gasteiger partial charge in [0.2, 0.25) is 5.91 Å². The summed E-state index contributed by atoms with van der Waals surface area (Å²) >= 11 is 0. The molecular weight excluding hydrogens is 158 g/mol. The summed E-state index contributed by atoms with van der Waals surface area (Å²) in [4.78, 5) is 10.9. The highest BCUT2D eigenvalue weighted by Gasteiger charge is 2.24. The van der Waals surface area contributed by atoms with Crippen molar-refractivity contribution in [2.24, 2.45) is 0 Å². The number of aliphatic hydroxyl groups excluding tert-OH is 1. The lowest BCUT2D eigenvalue weighted by Crippen LogP contribution is -2.49. The van der Waals surface area contributed by atoms with Gasteiger partial charge in [0.05, 0.1) is 18.8 Å². The van der Waals surface area contributed by atoms with Gasteiger partial charge in [-0.25, -0.2) is 0 Å². The molecule has 0 aromatic heterocycles. The Morgan fingerprint density at radius 2 is 2.50 bits per heavy atom. The van der Waals surface area contributed by atoms with Gasteiger partial charge in [-0.05, 0) is 6.42 Å². The molecule has 2 atom stereocenters. The number of nitrogens with one attached hydrogen (secondary N) is 1. The second kappa shape index (κ2) is 4.42. The number of carbonyl (C=O) groups is 1. The summed E-state index contributed by atoms with van der Waals surface area (Å²) in [6.45, 7) is 2.79. The van der Waals surface area contributed by atoms with Crippen LogP contribution in [0.2, 0.25) is 0 Å². The Kier molecular flexibility index (Phi) is 3.49. The van der Waals surface area contributed by atoms with Crippen LogP contribution >= 0.6 is 0 Å². The van der Waals surface area contributed by atoms with E-state index in [0.717, 1.165) is 0 Å². The van der Waals surface area contributed by atoms with Crippen LogP contribution in [0, 0.1) is 0 Å². The molecule has 0 saturated carbocycles. The van der Waals surface area contributed by atoms with E-state index < -0.39 is 6.10 Å². The molecule has 12 heavy (non-hydrogen) atoms. The summed E-state index contributed by atoms with van der Waals surface area (Å²) in [5.74, 6) is -0.0375. The van der Waals surface area contributed by atoms with Crippen LogP contribution in [0.25, 0.3) is 0 Å². The topological polar surface area (TPSA) is 58.6 Å². The lowest BCUT2D eigenvalue weighted by atomic mass is 10.1. The van der Waals surface area contributed by atoms with E-state index >= 15 is 0 Å². The second-order valence-electron chi connectivity index (χ2n) is 2.96. The van der Waals surface area contributed by atoms with E-state index in [1.807, 2.05) is 0 Å². The van der Waals surface area contributed by atoms with Crippen LogP contribution in [0.15, 0.2) is 0 Å². The summed E-state index contributed by atoms with van der Waals surface area (Å²) in [5.41, 5.74) is 0. The van der Waals surface area contributed by atoms with Gasteiger partial charge in [-0.15, -0.1) is 0 Å². The molecule has 0 aliphatic carbocycles. The van der Waals surface area contributed by atoms with Crippen LogP contribution in [0.1, 0.15) is 19.8 Å². The van der Waals surface area contributed by atoms with Gasteiger partial charge in [-0.1, -0.05) is 6.92 Å². The number of amides is 1. The third-order valence-corrected chi connectivity index (χ3v) is 1.99. The largest absolute Gasteiger partial charge is 0.391 e. The zero-order valence-electron chi connectivity index (χ0n) is 7.25. The molecule has 1 heterocycles. The Morgan fingerprint density at radius 1 is 1.75 bits per heavy atom. The average molecular weight is 173 g/mol. The first-order valence-electron chi connectivity index (χ1n) is 4.29. The minimum atomic E-state index is -0.450. The highest BCUT2D eigenvalue weighted by Crippen LogP contribution is 2.07. The van der Waals surface area contributed by atoms with Crippen molar-refractivity contribution in [2.45, 2.75) is 31.9 Å². The third-order valence-electron chi connectivity index (χ3n) is 1.99. The van der Waals surface area contributed by atoms with E-state index in [1.54, 1.807) is 6.92 Å². The molecular formula is C8H15NO3. The second-order valence-corrected chi connectivity index (χ2v) is 2.96. The lowest BCUT2D eigenvalue weighted by Gasteiger charge is -2.28. The van der Waals surface area contributed by atoms with Gasteiger partial charge in [-0.2, -0.15) is 0 Å². The van der Waals surface area contributed by atoms with Crippen LogP contribution in [0.3, 0.4) is 0 Å². The van der Waals surface area contributed by atoms with Crippen molar-refractivity contribution in [3.05, 3.63) is 0 Å². The number of rotatable bonds is 2. The summed E-state index contributed by atoms with van der Waals surface area (Å²) < 4.78 is 5.12. The summed E-state index contributed by atoms with van der Waals surface area (Å²) in [6, 6.07) is -0.216. The Morgan fingerprint density at radius 3 is 3.08 bits per heavy atom. The van der Waals surface area contributed by atoms with E-state index in [2.05, 4.69) is 5.32 Å². The molecule has 2 unspecified atom stereocenters. The van der Waals surface area contributed by atoms with Crippen molar-refractivity contribution >= 4 is 5.91 Å². The van der Waals surface area contributed by atoms with Gasteiger partial charge in [0.15, 0.2) is 0 Å². The van der Waals surface area contributed by atoms with E-state index in [-0.39, 0.29) is 11.9 Å². The minimum absolute atomic E-state index is 0.0375. The fraction of sp³-hybridized carbons (Fsp3) is 0.875. The van der Waals surface area contributed by atoms with Crippen LogP contribution in [-0.4, -0.2) is 36.4 Å². The van der Waals surface area contributed by atoms with Gasteiger partial charge < -0.3 is 15.2 Å². The van der Waals surface area contributed by atoms with Gasteiger partial charge in [-0.3, -0.25) is 4.79 Å². The fourth-order valence-corrected chi connectivity index (χ4v) is 1.17. The average Bonchev–Trinajstić information content (AvgIpc) is 2.09. The molecule has 4 heteroatoms. The maximum atomic E-state index is 10.9. The zero-order valence-corrected chi connectivity index (χ0v) is 7.25. The minimum Gasteiger partial charge on any atom is -0.391 e. The number of hydrogen-bond acceptors (Lipinski definition) is 3. The molecule has 4 nitrogen and oxygen atoms in total. The van der Waals surface area contributed by atoms with E-state index in [1.165, 1.54) is 0 Å². The first kappa shape index (κ1) is 9.48. The summed E-state index contributed by atoms with van der Waals surface area (Å²) in [7, 11) is 0. The molecule has 0 bridgehead atoms. The Labute approximate surface area is 71.9 Å². The number of ether oxygens (including phenoxy) is 1. The molecule has 1 aliphatic rings. The van der Waals surface area contributed by atoms with E-state index in [9.17, 15) is 9.90 Å². The standard InChI is InChI=1S/C8H15NO3/c1-2-8(11)9-6-5-12-4-3-7(6)10/h6-7,10H,2-5H2,1H3,(H,9,11). The third kappa shape index (κ3) is 2.46. The predicted octanol–water partition coefficient (Wildman–Crippen LogP) is -0.338. The Hall–Kier alpha value is -0.610. The van der Waals surface area contributed by atoms with Gasteiger partial charge in [0, 0.05) is 13.0 Å². The molecule has 0 aromatic carbocycles.